The molecule has 2 amide bonds. The zero-order valence-corrected chi connectivity index (χ0v) is 18.5. The van der Waals surface area contributed by atoms with E-state index in [2.05, 4.69) is 65.2 Å². The Balaban J connectivity index is 1.51. The number of aromatic nitrogens is 1. The fourth-order valence-corrected chi connectivity index (χ4v) is 5.10. The number of aryl methyl sites for hydroxylation is 1. The van der Waals surface area contributed by atoms with Crippen molar-refractivity contribution in [2.24, 2.45) is 0 Å². The lowest BCUT2D eigenvalue weighted by molar-refractivity contribution is 0.139. The van der Waals surface area contributed by atoms with Crippen LogP contribution in [0.4, 0.5) is 10.5 Å². The molecular weight excluding hydrogens is 376 g/mol. The molecule has 3 heterocycles. The number of amides is 2. The van der Waals surface area contributed by atoms with E-state index in [0.717, 1.165) is 45.5 Å². The Morgan fingerprint density at radius 1 is 1.17 bits per heavy atom. The first-order chi connectivity index (χ1) is 14.6. The molecule has 0 unspecified atom stereocenters. The summed E-state index contributed by atoms with van der Waals surface area (Å²) >= 11 is 0. The maximum atomic E-state index is 12.6. The van der Waals surface area contributed by atoms with E-state index in [0.29, 0.717) is 13.2 Å². The topological polar surface area (TPSA) is 49.7 Å². The third-order valence-corrected chi connectivity index (χ3v) is 6.56. The summed E-state index contributed by atoms with van der Waals surface area (Å²) in [6, 6.07) is 11.2. The maximum absolute atomic E-state index is 12.6. The van der Waals surface area contributed by atoms with Crippen LogP contribution in [-0.2, 0) is 10.3 Å². The van der Waals surface area contributed by atoms with Gasteiger partial charge in [0.05, 0.1) is 16.9 Å². The normalized spacial score (nSPS) is 17.0. The summed E-state index contributed by atoms with van der Waals surface area (Å²) in [5, 5.41) is 3.05. The van der Waals surface area contributed by atoms with Crippen molar-refractivity contribution in [3.63, 3.8) is 0 Å². The van der Waals surface area contributed by atoms with Gasteiger partial charge in [0, 0.05) is 51.3 Å². The molecule has 2 aromatic rings. The second kappa shape index (κ2) is 8.72. The monoisotopic (exact) mass is 410 g/mol. The molecule has 1 aromatic carbocycles. The first kappa shape index (κ1) is 20.8. The van der Waals surface area contributed by atoms with Gasteiger partial charge in [-0.05, 0) is 69.9 Å². The molecule has 2 aliphatic heterocycles. The summed E-state index contributed by atoms with van der Waals surface area (Å²) in [4.78, 5) is 17.2. The Kier molecular flexibility index (Phi) is 6.04. The summed E-state index contributed by atoms with van der Waals surface area (Å²) < 4.78 is 7.70. The second-order valence-corrected chi connectivity index (χ2v) is 8.30. The van der Waals surface area contributed by atoms with Gasteiger partial charge in [-0.25, -0.2) is 4.79 Å². The zero-order chi connectivity index (χ0) is 21.1. The van der Waals surface area contributed by atoms with E-state index in [1.807, 2.05) is 11.8 Å². The number of carbonyl (C=O) groups is 1. The van der Waals surface area contributed by atoms with Crippen molar-refractivity contribution in [2.75, 3.05) is 44.3 Å². The molecule has 0 radical (unpaired) electrons. The Bertz CT molecular complexity index is 883. The Hall–Kier alpha value is -2.47. The van der Waals surface area contributed by atoms with Gasteiger partial charge in [0.1, 0.15) is 0 Å². The Labute approximate surface area is 179 Å². The van der Waals surface area contributed by atoms with Crippen LogP contribution in [0.1, 0.15) is 44.4 Å². The van der Waals surface area contributed by atoms with E-state index < -0.39 is 0 Å². The summed E-state index contributed by atoms with van der Waals surface area (Å²) in [5.74, 6) is 0. The lowest BCUT2D eigenvalue weighted by Gasteiger charge is -2.53. The highest BCUT2D eigenvalue weighted by Gasteiger charge is 2.46. The third-order valence-electron chi connectivity index (χ3n) is 6.56. The number of carbonyl (C=O) groups excluding carboxylic acids is 1. The fourth-order valence-electron chi connectivity index (χ4n) is 5.10. The van der Waals surface area contributed by atoms with Crippen LogP contribution in [0.15, 0.2) is 36.5 Å². The molecule has 0 bridgehead atoms. The first-order valence-electron chi connectivity index (χ1n) is 11.3. The minimum atomic E-state index is -0.0647. The number of fused-ring (bicyclic) bond motifs is 4. The number of benzene rings is 1. The lowest BCUT2D eigenvalue weighted by Crippen LogP contribution is -2.58. The van der Waals surface area contributed by atoms with Gasteiger partial charge in [0.15, 0.2) is 0 Å². The van der Waals surface area contributed by atoms with Crippen LogP contribution in [-0.4, -0.2) is 54.9 Å². The van der Waals surface area contributed by atoms with Gasteiger partial charge >= 0.3 is 6.03 Å². The predicted octanol–water partition coefficient (Wildman–Crippen LogP) is 4.05. The van der Waals surface area contributed by atoms with E-state index in [1.54, 1.807) is 0 Å². The van der Waals surface area contributed by atoms with Crippen molar-refractivity contribution in [2.45, 2.75) is 45.6 Å². The highest BCUT2D eigenvalue weighted by Crippen LogP contribution is 2.48. The highest BCUT2D eigenvalue weighted by atomic mass is 16.5. The number of rotatable bonds is 6. The van der Waals surface area contributed by atoms with Crippen molar-refractivity contribution in [3.05, 3.63) is 47.8 Å². The number of nitrogens with zero attached hydrogens (tertiary/aromatic N) is 3. The maximum Gasteiger partial charge on any atom is 0.317 e. The molecular formula is C24H34N4O2. The number of nitrogens with one attached hydrogen (secondary N) is 1. The smallest absolute Gasteiger partial charge is 0.317 e. The molecule has 1 saturated heterocycles. The van der Waals surface area contributed by atoms with Crippen LogP contribution < -0.4 is 10.2 Å². The van der Waals surface area contributed by atoms with Gasteiger partial charge in [0.2, 0.25) is 0 Å². The van der Waals surface area contributed by atoms with Crippen molar-refractivity contribution in [1.82, 2.24) is 14.8 Å². The molecule has 1 aromatic heterocycles. The Morgan fingerprint density at radius 3 is 2.70 bits per heavy atom. The van der Waals surface area contributed by atoms with Crippen LogP contribution in [0.2, 0.25) is 0 Å². The number of anilines is 1. The van der Waals surface area contributed by atoms with Crippen LogP contribution in [0.25, 0.3) is 5.69 Å². The fraction of sp³-hybridized carbons (Fsp3) is 0.542. The molecule has 6 nitrogen and oxygen atoms in total. The molecule has 0 saturated carbocycles. The largest absolute Gasteiger partial charge is 0.382 e. The zero-order valence-electron chi connectivity index (χ0n) is 18.5. The van der Waals surface area contributed by atoms with E-state index in [1.165, 1.54) is 22.6 Å². The SMILES string of the molecule is CCOCCCNC(=O)N1CCC2(CC1)c1cccn1-c1ccc(C)cc1N2CC. The second-order valence-electron chi connectivity index (χ2n) is 8.30. The van der Waals surface area contributed by atoms with Crippen molar-refractivity contribution in [1.29, 1.82) is 0 Å². The average molecular weight is 411 g/mol. The van der Waals surface area contributed by atoms with E-state index in [4.69, 9.17) is 4.74 Å². The van der Waals surface area contributed by atoms with Gasteiger partial charge in [-0.15, -0.1) is 0 Å². The standard InChI is InChI=1S/C24H34N4O2/c1-4-28-21-18-19(3)9-10-20(21)27-14-6-8-22(27)24(28)11-15-26(16-12-24)23(29)25-13-7-17-30-5-2/h6,8-10,14,18H,4-5,7,11-13,15-17H2,1-3H3,(H,25,29). The Morgan fingerprint density at radius 2 is 1.97 bits per heavy atom. The minimum absolute atomic E-state index is 0.0480. The van der Waals surface area contributed by atoms with E-state index >= 15 is 0 Å². The van der Waals surface area contributed by atoms with Gasteiger partial charge in [-0.2, -0.15) is 0 Å². The summed E-state index contributed by atoms with van der Waals surface area (Å²) in [5.41, 5.74) is 5.11. The molecule has 1 N–H and O–H groups in total. The number of hydrogen-bond donors (Lipinski definition) is 1. The van der Waals surface area contributed by atoms with Gasteiger partial charge in [-0.3, -0.25) is 0 Å². The van der Waals surface area contributed by atoms with Crippen LogP contribution in [0.3, 0.4) is 0 Å². The molecule has 0 atom stereocenters. The van der Waals surface area contributed by atoms with E-state index in [9.17, 15) is 4.79 Å². The number of hydrogen-bond acceptors (Lipinski definition) is 3. The molecule has 4 rings (SSSR count). The summed E-state index contributed by atoms with van der Waals surface area (Å²) in [7, 11) is 0. The number of likely N-dealkylation sites (tertiary alicyclic amines) is 1. The number of urea groups is 1. The average Bonchev–Trinajstić information content (AvgIpc) is 3.25. The van der Waals surface area contributed by atoms with Gasteiger partial charge < -0.3 is 24.4 Å². The van der Waals surface area contributed by atoms with Gasteiger partial charge in [0.25, 0.3) is 0 Å². The quantitative estimate of drug-likeness (QED) is 0.731. The molecule has 1 fully saturated rings. The lowest BCUT2D eigenvalue weighted by atomic mass is 9.80. The predicted molar refractivity (Wildman–Crippen MR) is 121 cm³/mol. The molecule has 1 spiro atoms. The molecule has 30 heavy (non-hydrogen) atoms. The first-order valence-corrected chi connectivity index (χ1v) is 11.3. The van der Waals surface area contributed by atoms with Crippen LogP contribution in [0, 0.1) is 6.92 Å². The van der Waals surface area contributed by atoms with Crippen molar-refractivity contribution >= 4 is 11.7 Å². The molecule has 2 aliphatic rings. The van der Waals surface area contributed by atoms with Crippen molar-refractivity contribution in [3.8, 4) is 5.69 Å². The van der Waals surface area contributed by atoms with Crippen LogP contribution in [0.5, 0.6) is 0 Å². The molecule has 0 aliphatic carbocycles. The molecule has 6 heteroatoms. The summed E-state index contributed by atoms with van der Waals surface area (Å²) in [6.07, 6.45) is 4.90. The number of ether oxygens (including phenoxy) is 1. The minimum Gasteiger partial charge on any atom is -0.382 e. The van der Waals surface area contributed by atoms with Gasteiger partial charge in [-0.1, -0.05) is 6.07 Å². The van der Waals surface area contributed by atoms with Crippen molar-refractivity contribution < 1.29 is 9.53 Å². The number of piperidine rings is 1. The third kappa shape index (κ3) is 3.58. The highest BCUT2D eigenvalue weighted by molar-refractivity contribution is 5.75. The molecule has 162 valence electrons. The van der Waals surface area contributed by atoms with Crippen LogP contribution >= 0.6 is 0 Å². The summed E-state index contributed by atoms with van der Waals surface area (Å²) in [6.45, 7) is 10.9. The van der Waals surface area contributed by atoms with E-state index in [-0.39, 0.29) is 11.6 Å².